The molecule has 96 valence electrons. The Kier molecular flexibility index (Phi) is 5.73. The molecular weight excluding hydrogens is 202 g/mol. The fraction of sp³-hybridized carbons (Fsp3) is 1.00. The van der Waals surface area contributed by atoms with E-state index in [2.05, 4.69) is 26.1 Å². The van der Waals surface area contributed by atoms with E-state index in [1.807, 2.05) is 0 Å². The van der Waals surface area contributed by atoms with Gasteiger partial charge >= 0.3 is 0 Å². The molecule has 1 saturated carbocycles. The van der Waals surface area contributed by atoms with Crippen molar-refractivity contribution in [2.45, 2.75) is 64.2 Å². The van der Waals surface area contributed by atoms with Gasteiger partial charge in [0.15, 0.2) is 0 Å². The molecule has 0 aromatic heterocycles. The first-order valence-electron chi connectivity index (χ1n) is 6.47. The maximum absolute atomic E-state index is 5.90. The second kappa shape index (κ2) is 6.58. The average molecular weight is 229 g/mol. The Morgan fingerprint density at radius 1 is 1.31 bits per heavy atom. The number of hydrogen-bond donors (Lipinski definition) is 1. The molecule has 0 saturated heterocycles. The third-order valence-corrected chi connectivity index (χ3v) is 3.49. The molecule has 0 aromatic rings. The maximum Gasteiger partial charge on any atom is 0.0644 e. The van der Waals surface area contributed by atoms with E-state index in [1.54, 1.807) is 7.11 Å². The van der Waals surface area contributed by atoms with Crippen LogP contribution in [0.2, 0.25) is 0 Å². The van der Waals surface area contributed by atoms with Crippen LogP contribution in [0.5, 0.6) is 0 Å². The van der Waals surface area contributed by atoms with Gasteiger partial charge in [-0.2, -0.15) is 0 Å². The van der Waals surface area contributed by atoms with Crippen LogP contribution in [-0.2, 0) is 9.47 Å². The van der Waals surface area contributed by atoms with Gasteiger partial charge in [-0.25, -0.2) is 0 Å². The average Bonchev–Trinajstić information content (AvgIpc) is 2.66. The molecule has 1 rings (SSSR count). The Balaban J connectivity index is 2.11. The van der Waals surface area contributed by atoms with Gasteiger partial charge in [0.1, 0.15) is 0 Å². The van der Waals surface area contributed by atoms with Crippen molar-refractivity contribution in [3.05, 3.63) is 0 Å². The molecule has 1 N–H and O–H groups in total. The molecule has 0 heterocycles. The first-order valence-corrected chi connectivity index (χ1v) is 6.47. The lowest BCUT2D eigenvalue weighted by Crippen LogP contribution is -2.28. The Bertz CT molecular complexity index is 194. The highest BCUT2D eigenvalue weighted by atomic mass is 16.5. The summed E-state index contributed by atoms with van der Waals surface area (Å²) >= 11 is 0. The minimum atomic E-state index is -0.0559. The van der Waals surface area contributed by atoms with Crippen LogP contribution >= 0.6 is 0 Å². The quantitative estimate of drug-likeness (QED) is 0.727. The smallest absolute Gasteiger partial charge is 0.0644 e. The Morgan fingerprint density at radius 2 is 2.06 bits per heavy atom. The normalized spacial score (nSPS) is 26.2. The van der Waals surface area contributed by atoms with Crippen LogP contribution in [0, 0.1) is 0 Å². The molecule has 0 aromatic carbocycles. The Labute approximate surface area is 99.9 Å². The van der Waals surface area contributed by atoms with Crippen molar-refractivity contribution in [3.8, 4) is 0 Å². The molecule has 2 unspecified atom stereocenters. The predicted octanol–water partition coefficient (Wildman–Crippen LogP) is 2.35. The van der Waals surface area contributed by atoms with Gasteiger partial charge < -0.3 is 14.8 Å². The molecule has 3 nitrogen and oxygen atoms in total. The van der Waals surface area contributed by atoms with E-state index in [1.165, 1.54) is 19.3 Å². The lowest BCUT2D eigenvalue weighted by molar-refractivity contribution is -0.0256. The summed E-state index contributed by atoms with van der Waals surface area (Å²) in [5.41, 5.74) is -0.0559. The molecule has 1 aliphatic carbocycles. The van der Waals surface area contributed by atoms with Gasteiger partial charge in [0, 0.05) is 19.8 Å². The van der Waals surface area contributed by atoms with Crippen molar-refractivity contribution in [2.75, 3.05) is 20.3 Å². The van der Waals surface area contributed by atoms with Crippen LogP contribution in [-0.4, -0.2) is 38.0 Å². The van der Waals surface area contributed by atoms with E-state index < -0.39 is 0 Å². The lowest BCUT2D eigenvalue weighted by Gasteiger charge is -2.23. The topological polar surface area (TPSA) is 30.5 Å². The van der Waals surface area contributed by atoms with Gasteiger partial charge in [0.25, 0.3) is 0 Å². The van der Waals surface area contributed by atoms with Crippen LogP contribution in [0.4, 0.5) is 0 Å². The fourth-order valence-corrected chi connectivity index (χ4v) is 2.14. The molecule has 0 amide bonds. The molecule has 16 heavy (non-hydrogen) atoms. The zero-order valence-corrected chi connectivity index (χ0v) is 11.2. The van der Waals surface area contributed by atoms with Crippen LogP contribution in [0.3, 0.4) is 0 Å². The van der Waals surface area contributed by atoms with E-state index in [0.717, 1.165) is 19.6 Å². The van der Waals surface area contributed by atoms with Gasteiger partial charge in [-0.1, -0.05) is 6.92 Å². The van der Waals surface area contributed by atoms with Gasteiger partial charge in [-0.05, 0) is 46.1 Å². The van der Waals surface area contributed by atoms with Gasteiger partial charge in [0.2, 0.25) is 0 Å². The van der Waals surface area contributed by atoms with Crippen molar-refractivity contribution in [1.82, 2.24) is 5.32 Å². The van der Waals surface area contributed by atoms with Crippen molar-refractivity contribution in [1.29, 1.82) is 0 Å². The number of nitrogens with one attached hydrogen (secondary N) is 1. The Hall–Kier alpha value is -0.120. The standard InChI is InChI=1S/C13H27NO2/c1-5-14-11-6-7-12(10-11)16-9-8-13(2,3)15-4/h11-12,14H,5-10H2,1-4H3. The van der Waals surface area contributed by atoms with Crippen LogP contribution in [0.1, 0.15) is 46.5 Å². The third-order valence-electron chi connectivity index (χ3n) is 3.49. The summed E-state index contributed by atoms with van der Waals surface area (Å²) in [5.74, 6) is 0. The molecule has 0 spiro atoms. The van der Waals surface area contributed by atoms with E-state index >= 15 is 0 Å². The van der Waals surface area contributed by atoms with Crippen molar-refractivity contribution < 1.29 is 9.47 Å². The first kappa shape index (κ1) is 13.9. The molecule has 1 fully saturated rings. The molecular formula is C13H27NO2. The summed E-state index contributed by atoms with van der Waals surface area (Å²) < 4.78 is 11.3. The number of methoxy groups -OCH3 is 1. The second-order valence-corrected chi connectivity index (χ2v) is 5.27. The van der Waals surface area contributed by atoms with E-state index in [0.29, 0.717) is 12.1 Å². The minimum absolute atomic E-state index is 0.0559. The van der Waals surface area contributed by atoms with Gasteiger partial charge in [-0.3, -0.25) is 0 Å². The number of hydrogen-bond acceptors (Lipinski definition) is 3. The Morgan fingerprint density at radius 3 is 2.69 bits per heavy atom. The summed E-state index contributed by atoms with van der Waals surface area (Å²) in [4.78, 5) is 0. The van der Waals surface area contributed by atoms with Crippen LogP contribution in [0.25, 0.3) is 0 Å². The van der Waals surface area contributed by atoms with Crippen molar-refractivity contribution in [2.24, 2.45) is 0 Å². The van der Waals surface area contributed by atoms with E-state index in [-0.39, 0.29) is 5.60 Å². The van der Waals surface area contributed by atoms with Crippen LogP contribution < -0.4 is 5.32 Å². The van der Waals surface area contributed by atoms with Gasteiger partial charge in [0.05, 0.1) is 11.7 Å². The van der Waals surface area contributed by atoms with Crippen LogP contribution in [0.15, 0.2) is 0 Å². The van der Waals surface area contributed by atoms with E-state index in [4.69, 9.17) is 9.47 Å². The maximum atomic E-state index is 5.90. The highest BCUT2D eigenvalue weighted by Gasteiger charge is 2.25. The summed E-state index contributed by atoms with van der Waals surface area (Å²) in [7, 11) is 1.76. The molecule has 0 radical (unpaired) electrons. The second-order valence-electron chi connectivity index (χ2n) is 5.27. The minimum Gasteiger partial charge on any atom is -0.379 e. The monoisotopic (exact) mass is 229 g/mol. The molecule has 2 atom stereocenters. The largest absolute Gasteiger partial charge is 0.379 e. The predicted molar refractivity (Wildman–Crippen MR) is 66.8 cm³/mol. The molecule has 3 heteroatoms. The molecule has 1 aliphatic rings. The molecule has 0 aliphatic heterocycles. The zero-order chi connectivity index (χ0) is 12.0. The molecule has 0 bridgehead atoms. The van der Waals surface area contributed by atoms with E-state index in [9.17, 15) is 0 Å². The number of ether oxygens (including phenoxy) is 2. The highest BCUT2D eigenvalue weighted by Crippen LogP contribution is 2.23. The summed E-state index contributed by atoms with van der Waals surface area (Å²) in [6.45, 7) is 8.24. The third kappa shape index (κ3) is 4.81. The summed E-state index contributed by atoms with van der Waals surface area (Å²) in [6.07, 6.45) is 5.04. The van der Waals surface area contributed by atoms with Gasteiger partial charge in [-0.15, -0.1) is 0 Å². The lowest BCUT2D eigenvalue weighted by atomic mass is 10.1. The van der Waals surface area contributed by atoms with Crippen molar-refractivity contribution >= 4 is 0 Å². The zero-order valence-electron chi connectivity index (χ0n) is 11.2. The number of rotatable bonds is 7. The first-order chi connectivity index (χ1) is 7.57. The fourth-order valence-electron chi connectivity index (χ4n) is 2.14. The SMILES string of the molecule is CCNC1CCC(OCCC(C)(C)OC)C1. The van der Waals surface area contributed by atoms with Crippen molar-refractivity contribution in [3.63, 3.8) is 0 Å². The highest BCUT2D eigenvalue weighted by molar-refractivity contribution is 4.81. The summed E-state index contributed by atoms with van der Waals surface area (Å²) in [6, 6.07) is 0.672. The summed E-state index contributed by atoms with van der Waals surface area (Å²) in [5, 5.41) is 3.49.